The van der Waals surface area contributed by atoms with E-state index in [0.717, 1.165) is 76.4 Å². The van der Waals surface area contributed by atoms with Crippen molar-refractivity contribution in [3.8, 4) is 0 Å². The molecule has 2 aromatic rings. The molecule has 128 heavy (non-hydrogen) atoms. The van der Waals surface area contributed by atoms with Crippen molar-refractivity contribution in [2.45, 2.75) is 143 Å². The zero-order valence-corrected chi connectivity index (χ0v) is 86.2. The summed E-state index contributed by atoms with van der Waals surface area (Å²) in [5, 5.41) is 37.0. The average molecular weight is 1960 g/mol. The first-order chi connectivity index (χ1) is 58.7. The minimum Gasteiger partial charge on any atom is -1.00 e. The van der Waals surface area contributed by atoms with Gasteiger partial charge in [-0.3, -0.25) is 52.7 Å². The number of pyridine rings is 1. The highest BCUT2D eigenvalue weighted by Gasteiger charge is 2.40. The zero-order valence-electron chi connectivity index (χ0n) is 81.5. The standard InChI is InChI=1S/C22H50N2O2.C14H16NO.C11H23N2O.C11H26NO.C10H19NO5.C9H17N3O.C9H17NO6.2CH4O3S.4ClH/c1-23(2,19-13-9-15-21-25-5)17-11-7-8-12-18-24(3,4)20-14-10-16-22-26-6;1-16-12-14-7-5-13(6-8-14)11-15-9-3-2-4-10-15;1-14-11-3-2-7-13-8-4-12(5-9-13)6-10-13;1-5-12(6-2,7-3)10-8-9-11-13-4;1-16-6-4-2-3-5-11(7-9(12)13)8-10(14)15;1-10-9(13)8-12-5-2-11(3-6-12)4-7-12;1-15-4-5-16-3-2-10(6-8(11)12)7-9(13)14;2*1-5(2,3)4;;;;/h7-22H2,1-6H3;2-10H,11-12H2,1H3;2-11H2,1H3;5-11H2,1-4H3;2-8H2,1H3,(H,12,13)(H,14,15);2-8H2,1H3;2-7H2,1H3,(H,11,12)(H,13,14);2*1H3,(H,2,3,4);4*1H/q+2;3*+1;;;;;;;;;/p-3. The Kier molecular flexibility index (Phi) is 90.7. The quantitative estimate of drug-likeness (QED) is 0.0141. The van der Waals surface area contributed by atoms with Crippen LogP contribution in [0.4, 0.5) is 0 Å². The molecule has 6 aliphatic rings. The van der Waals surface area contributed by atoms with Crippen molar-refractivity contribution in [3.05, 3.63) is 66.0 Å². The Balaban J connectivity index is -0.000000263. The highest BCUT2D eigenvalue weighted by Crippen LogP contribution is 2.22. The van der Waals surface area contributed by atoms with E-state index in [1.165, 1.54) is 247 Å². The van der Waals surface area contributed by atoms with E-state index >= 15 is 0 Å². The van der Waals surface area contributed by atoms with Gasteiger partial charge in [0.15, 0.2) is 25.5 Å². The normalized spacial score (nSPS) is 16.4. The fourth-order valence-electron chi connectivity index (χ4n) is 14.6. The molecule has 0 spiro atoms. The smallest absolute Gasteiger partial charge is 0.317 e. The van der Waals surface area contributed by atoms with E-state index in [1.807, 2.05) is 18.2 Å². The van der Waals surface area contributed by atoms with Gasteiger partial charge >= 0.3 is 23.9 Å². The van der Waals surface area contributed by atoms with Crippen molar-refractivity contribution in [2.75, 3.05) is 334 Å². The molecule has 1 amide bonds. The molecule has 760 valence electrons. The number of benzene rings is 1. The number of piperazine rings is 6. The molecule has 0 unspecified atom stereocenters. The third-order valence-corrected chi connectivity index (χ3v) is 22.3. The zero-order chi connectivity index (χ0) is 94.0. The first-order valence-corrected chi connectivity index (χ1v) is 48.4. The Hall–Kier alpha value is -3.98. The number of hydrogen-bond donors (Lipinski definition) is 7. The predicted molar refractivity (Wildman–Crippen MR) is 489 cm³/mol. The fraction of sp³-hybridized carbons (Fsp3) is 0.818. The van der Waals surface area contributed by atoms with Crippen LogP contribution in [0.5, 0.6) is 0 Å². The van der Waals surface area contributed by atoms with E-state index in [0.29, 0.717) is 52.0 Å². The van der Waals surface area contributed by atoms with Crippen LogP contribution in [0.3, 0.4) is 0 Å². The molecule has 6 fully saturated rings. The van der Waals surface area contributed by atoms with Gasteiger partial charge in [-0.05, 0) is 142 Å². The van der Waals surface area contributed by atoms with Crippen LogP contribution < -0.4 is 59.5 Å². The number of aliphatic carboxylic acids is 4. The number of carbonyl (C=O) groups excluding carboxylic acids is 1. The number of carbonyl (C=O) groups is 5. The molecule has 4 bridgehead atoms. The van der Waals surface area contributed by atoms with Crippen LogP contribution in [-0.4, -0.2) is 452 Å². The minimum atomic E-state index is -3.67. The Morgan fingerprint density at radius 3 is 1.07 bits per heavy atom. The number of carboxylic acid groups (broad SMARTS) is 4. The van der Waals surface area contributed by atoms with Crippen LogP contribution >= 0.6 is 0 Å². The van der Waals surface area contributed by atoms with Crippen LogP contribution in [-0.2, 0) is 95.3 Å². The third kappa shape index (κ3) is 86.2. The van der Waals surface area contributed by atoms with E-state index in [1.54, 1.807) is 56.8 Å². The highest BCUT2D eigenvalue weighted by atomic mass is 35.5. The molecule has 6 saturated heterocycles. The first kappa shape index (κ1) is 137. The first-order valence-electron chi connectivity index (χ1n) is 44.7. The summed E-state index contributed by atoms with van der Waals surface area (Å²) in [6.45, 7) is 41.3. The van der Waals surface area contributed by atoms with Gasteiger partial charge in [0, 0.05) is 153 Å². The molecule has 1 aromatic heterocycles. The van der Waals surface area contributed by atoms with Crippen molar-refractivity contribution in [3.63, 3.8) is 0 Å². The lowest BCUT2D eigenvalue weighted by molar-refractivity contribution is -0.941. The van der Waals surface area contributed by atoms with Crippen LogP contribution in [0.25, 0.3) is 0 Å². The number of nitrogens with zero attached hydrogens (tertiary/aromatic N) is 10. The fourth-order valence-corrected chi connectivity index (χ4v) is 14.6. The van der Waals surface area contributed by atoms with Gasteiger partial charge in [0.05, 0.1) is 191 Å². The molecule has 34 nitrogen and oxygen atoms in total. The second kappa shape index (κ2) is 84.7. The van der Waals surface area contributed by atoms with E-state index in [4.69, 9.17) is 67.4 Å². The number of nitrogens with one attached hydrogen (secondary N) is 1. The molecule has 7 N–H and O–H groups in total. The molecule has 40 heteroatoms. The number of hydrogen-bond acceptors (Lipinski definition) is 21. The monoisotopic (exact) mass is 1960 g/mol. The van der Waals surface area contributed by atoms with Crippen LogP contribution in [0, 0.1) is 0 Å². The van der Waals surface area contributed by atoms with Gasteiger partial charge in [-0.1, -0.05) is 30.3 Å². The molecule has 0 radical (unpaired) electrons. The van der Waals surface area contributed by atoms with Gasteiger partial charge in [-0.2, -0.15) is 16.8 Å². The van der Waals surface area contributed by atoms with E-state index in [2.05, 4.69) is 105 Å². The second-order valence-corrected chi connectivity index (χ2v) is 36.8. The van der Waals surface area contributed by atoms with Crippen LogP contribution in [0.15, 0.2) is 54.9 Å². The number of rotatable bonds is 58. The van der Waals surface area contributed by atoms with Gasteiger partial charge < -0.3 is 136 Å². The Morgan fingerprint density at radius 2 is 0.734 bits per heavy atom. The molecular formula is C88H177Cl4N11O23S2+2. The third-order valence-electron chi connectivity index (χ3n) is 22.3. The molecule has 6 aliphatic heterocycles. The second-order valence-electron chi connectivity index (χ2n) is 33.9. The van der Waals surface area contributed by atoms with Crippen LogP contribution in [0.1, 0.15) is 141 Å². The van der Waals surface area contributed by atoms with E-state index in [-0.39, 0.29) is 94.9 Å². The number of halogens is 4. The average Bonchev–Trinajstić information content (AvgIpc) is 0.797. The molecule has 1 aromatic carbocycles. The summed E-state index contributed by atoms with van der Waals surface area (Å²) in [4.78, 5) is 60.9. The SMILES string of the molecule is CC[N+](CC)(CC)CCCCOC.CNC(=O)C[N+]12CCN(CC1)CC2.COCCCCCN(CC(=O)O)CC(=O)O.COCCCCC[N+](C)(C)CCCCCC[N+](C)(C)CCCCCOC.COCCCC[N+]12CCN(CC1)CC2.COCCOCCN(CC(=O)O)CC(=O)O.COCc1ccc(C[n+]2ccccc2)cc1.CS(=O)(=O)O.CS(=O)(=O)O.[Cl-].[Cl-].[Cl-].[Cl-]. The lowest BCUT2D eigenvalue weighted by Crippen LogP contribution is -3.00. The van der Waals surface area contributed by atoms with Crippen molar-refractivity contribution in [1.29, 1.82) is 0 Å². The van der Waals surface area contributed by atoms with Crippen LogP contribution in [0.2, 0.25) is 0 Å². The van der Waals surface area contributed by atoms with Gasteiger partial charge in [-0.25, -0.2) is 4.57 Å². The number of likely N-dealkylation sites (N-methyl/N-ethyl adjacent to an activating group) is 1. The van der Waals surface area contributed by atoms with Gasteiger partial charge in [0.25, 0.3) is 26.1 Å². The Labute approximate surface area is 797 Å². The van der Waals surface area contributed by atoms with Crippen molar-refractivity contribution >= 4 is 50.0 Å². The number of unbranched alkanes of at least 4 members (excludes halogenated alkanes) is 11. The van der Waals surface area contributed by atoms with Crippen molar-refractivity contribution in [2.24, 2.45) is 0 Å². The number of amides is 1. The number of methoxy groups -OCH3 is 7. The van der Waals surface area contributed by atoms with Gasteiger partial charge in [-0.15, -0.1) is 0 Å². The summed E-state index contributed by atoms with van der Waals surface area (Å²) in [6, 6.07) is 14.6. The summed E-state index contributed by atoms with van der Waals surface area (Å²) in [5.74, 6) is -3.93. The topological polar surface area (TPSA) is 378 Å². The molecule has 0 aliphatic carbocycles. The molecule has 0 saturated carbocycles. The summed E-state index contributed by atoms with van der Waals surface area (Å²) in [7, 11) is 16.0. The maximum atomic E-state index is 11.3. The Morgan fingerprint density at radius 1 is 0.422 bits per heavy atom. The van der Waals surface area contributed by atoms with Crippen molar-refractivity contribution in [1.82, 2.24) is 24.9 Å². The van der Waals surface area contributed by atoms with Gasteiger partial charge in [0.2, 0.25) is 0 Å². The minimum absolute atomic E-state index is 0. The molecule has 7 heterocycles. The largest absolute Gasteiger partial charge is 1.00 e. The lowest BCUT2D eigenvalue weighted by atomic mass is 10.1. The number of fused-ring (bicyclic) bond motifs is 6. The number of quaternary nitrogens is 5. The van der Waals surface area contributed by atoms with E-state index in [9.17, 15) is 40.8 Å². The van der Waals surface area contributed by atoms with E-state index < -0.39 is 44.1 Å². The number of carboxylic acids is 4. The molecule has 8 rings (SSSR count). The summed E-state index contributed by atoms with van der Waals surface area (Å²) in [5.41, 5.74) is 2.51. The number of ether oxygens (including phenoxy) is 8. The summed E-state index contributed by atoms with van der Waals surface area (Å²) in [6.07, 6.45) is 26.4. The highest BCUT2D eigenvalue weighted by molar-refractivity contribution is 7.85. The van der Waals surface area contributed by atoms with Gasteiger partial charge in [0.1, 0.15) is 0 Å². The summed E-state index contributed by atoms with van der Waals surface area (Å²) < 4.78 is 100. The number of aromatic nitrogens is 1. The lowest BCUT2D eigenvalue weighted by Gasteiger charge is -2.50. The molecular weight excluding hydrogens is 1780 g/mol. The molecule has 0 atom stereocenters. The van der Waals surface area contributed by atoms with Crippen molar-refractivity contribution < 1.29 is 185 Å². The maximum absolute atomic E-state index is 11.3. The maximum Gasteiger partial charge on any atom is 0.317 e. The predicted octanol–water partition coefficient (Wildman–Crippen LogP) is -5.35. The Bertz CT molecular complexity index is 2990. The summed E-state index contributed by atoms with van der Waals surface area (Å²) >= 11 is 0.